The fourth-order valence-corrected chi connectivity index (χ4v) is 5.36. The van der Waals surface area contributed by atoms with Gasteiger partial charge in [0.1, 0.15) is 11.8 Å². The first-order valence-corrected chi connectivity index (χ1v) is 12.9. The van der Waals surface area contributed by atoms with Crippen molar-refractivity contribution in [1.29, 1.82) is 0 Å². The van der Waals surface area contributed by atoms with Gasteiger partial charge in [0.2, 0.25) is 10.0 Å². The lowest BCUT2D eigenvalue weighted by atomic mass is 9.98. The number of ether oxygens (including phenoxy) is 1. The van der Waals surface area contributed by atoms with Crippen LogP contribution in [0.2, 0.25) is 0 Å². The van der Waals surface area contributed by atoms with Gasteiger partial charge in [-0.25, -0.2) is 17.9 Å². The first-order valence-electron chi connectivity index (χ1n) is 11.3. The van der Waals surface area contributed by atoms with Crippen LogP contribution in [0.15, 0.2) is 24.3 Å². The molecule has 0 bridgehead atoms. The Morgan fingerprint density at radius 2 is 1.91 bits per heavy atom. The van der Waals surface area contributed by atoms with E-state index in [1.165, 1.54) is 4.90 Å². The van der Waals surface area contributed by atoms with Crippen LogP contribution in [0.1, 0.15) is 65.4 Å². The quantitative estimate of drug-likeness (QED) is 0.386. The van der Waals surface area contributed by atoms with E-state index in [1.807, 2.05) is 24.3 Å². The molecule has 178 valence electrons. The number of urea groups is 1. The molecule has 0 spiro atoms. The number of sulfonamides is 1. The van der Waals surface area contributed by atoms with Crippen molar-refractivity contribution in [2.24, 2.45) is 5.41 Å². The minimum atomic E-state index is -3.44. The zero-order valence-electron chi connectivity index (χ0n) is 19.4. The van der Waals surface area contributed by atoms with Gasteiger partial charge in [-0.15, -0.1) is 0 Å². The van der Waals surface area contributed by atoms with Gasteiger partial charge in [0, 0.05) is 6.54 Å². The number of nitrogens with one attached hydrogen (secondary N) is 2. The minimum Gasteiger partial charge on any atom is -0.493 e. The van der Waals surface area contributed by atoms with Gasteiger partial charge >= 0.3 is 6.03 Å². The lowest BCUT2D eigenvalue weighted by Crippen LogP contribution is -2.36. The molecule has 3 rings (SSSR count). The van der Waals surface area contributed by atoms with E-state index in [1.54, 1.807) is 6.92 Å². The molecule has 1 aliphatic heterocycles. The third-order valence-electron chi connectivity index (χ3n) is 5.81. The Kier molecular flexibility index (Phi) is 7.19. The van der Waals surface area contributed by atoms with Gasteiger partial charge in [0.15, 0.2) is 0 Å². The summed E-state index contributed by atoms with van der Waals surface area (Å²) >= 11 is 0. The molecule has 1 heterocycles. The average Bonchev–Trinajstić information content (AvgIpc) is 3.43. The molecule has 2 aliphatic rings. The number of nitrogens with zero attached hydrogens (tertiary/aromatic N) is 1. The Bertz CT molecular complexity index is 951. The number of unbranched alkanes of at least 4 members (excludes halogenated alkanes) is 2. The summed E-state index contributed by atoms with van der Waals surface area (Å²) in [5, 5.41) is 2.28. The van der Waals surface area contributed by atoms with E-state index in [4.69, 9.17) is 4.74 Å². The summed E-state index contributed by atoms with van der Waals surface area (Å²) in [5.74, 6) is 0.501. The first-order chi connectivity index (χ1) is 14.9. The SMILES string of the molecule is CC1C(=O)NC(=O)N1CCCCCS(=O)(=O)NC1(c2cccc(OCC(C)(C)C)c2)CC1. The van der Waals surface area contributed by atoms with E-state index in [9.17, 15) is 18.0 Å². The van der Waals surface area contributed by atoms with E-state index < -0.39 is 21.6 Å². The molecule has 1 aromatic rings. The second-order valence-corrected chi connectivity index (χ2v) is 11.9. The number of hydrogen-bond acceptors (Lipinski definition) is 5. The fraction of sp³-hybridized carbons (Fsp3) is 0.652. The highest BCUT2D eigenvalue weighted by Crippen LogP contribution is 2.47. The highest BCUT2D eigenvalue weighted by atomic mass is 32.2. The number of rotatable bonds is 11. The van der Waals surface area contributed by atoms with E-state index >= 15 is 0 Å². The van der Waals surface area contributed by atoms with Gasteiger partial charge in [0.25, 0.3) is 5.91 Å². The molecule has 1 aromatic carbocycles. The minimum absolute atomic E-state index is 0.0373. The summed E-state index contributed by atoms with van der Waals surface area (Å²) in [4.78, 5) is 24.7. The summed E-state index contributed by atoms with van der Waals surface area (Å²) in [6.45, 7) is 9.03. The Hall–Kier alpha value is -2.13. The second-order valence-electron chi connectivity index (χ2n) is 10.1. The monoisotopic (exact) mass is 465 g/mol. The third-order valence-corrected chi connectivity index (χ3v) is 7.34. The van der Waals surface area contributed by atoms with Crippen LogP contribution < -0.4 is 14.8 Å². The van der Waals surface area contributed by atoms with Crippen LogP contribution >= 0.6 is 0 Å². The van der Waals surface area contributed by atoms with Crippen molar-refractivity contribution < 1.29 is 22.7 Å². The lowest BCUT2D eigenvalue weighted by molar-refractivity contribution is -0.121. The highest BCUT2D eigenvalue weighted by Gasteiger charge is 2.47. The molecule has 1 atom stereocenters. The molecule has 1 saturated heterocycles. The van der Waals surface area contributed by atoms with Gasteiger partial charge < -0.3 is 9.64 Å². The maximum absolute atomic E-state index is 12.7. The number of carbonyl (C=O) groups is 2. The molecule has 0 radical (unpaired) electrons. The first kappa shape index (κ1) is 24.5. The van der Waals surface area contributed by atoms with Crippen LogP contribution in [0, 0.1) is 5.41 Å². The summed E-state index contributed by atoms with van der Waals surface area (Å²) < 4.78 is 34.2. The van der Waals surface area contributed by atoms with Crippen LogP contribution in [-0.2, 0) is 20.4 Å². The second kappa shape index (κ2) is 9.39. The van der Waals surface area contributed by atoms with Crippen LogP contribution in [-0.4, -0.2) is 50.2 Å². The Balaban J connectivity index is 1.47. The molecule has 3 amide bonds. The Labute approximate surface area is 191 Å². The van der Waals surface area contributed by atoms with Crippen LogP contribution in [0.4, 0.5) is 4.79 Å². The summed E-state index contributed by atoms with van der Waals surface area (Å²) in [6.07, 6.45) is 3.35. The van der Waals surface area contributed by atoms with E-state index in [0.29, 0.717) is 32.4 Å². The zero-order valence-corrected chi connectivity index (χ0v) is 20.3. The normalized spacial score (nSPS) is 20.4. The Morgan fingerprint density at radius 3 is 2.50 bits per heavy atom. The predicted octanol–water partition coefficient (Wildman–Crippen LogP) is 3.13. The molecule has 1 unspecified atom stereocenters. The van der Waals surface area contributed by atoms with Gasteiger partial charge in [0.05, 0.1) is 17.9 Å². The van der Waals surface area contributed by atoms with Gasteiger partial charge in [-0.2, -0.15) is 0 Å². The smallest absolute Gasteiger partial charge is 0.324 e. The number of benzene rings is 1. The zero-order chi connectivity index (χ0) is 23.6. The van der Waals surface area contributed by atoms with E-state index in [2.05, 4.69) is 30.8 Å². The largest absolute Gasteiger partial charge is 0.493 e. The average molecular weight is 466 g/mol. The maximum Gasteiger partial charge on any atom is 0.324 e. The number of imide groups is 1. The molecule has 9 heteroatoms. The fourth-order valence-electron chi connectivity index (χ4n) is 3.75. The number of hydrogen-bond donors (Lipinski definition) is 2. The maximum atomic E-state index is 12.7. The number of amides is 3. The molecular weight excluding hydrogens is 430 g/mol. The Morgan fingerprint density at radius 1 is 1.19 bits per heavy atom. The van der Waals surface area contributed by atoms with Gasteiger partial charge in [-0.3, -0.25) is 10.1 Å². The van der Waals surface area contributed by atoms with Crippen LogP contribution in [0.5, 0.6) is 5.75 Å². The van der Waals surface area contributed by atoms with Crippen molar-refractivity contribution >= 4 is 22.0 Å². The standard InChI is InChI=1S/C23H35N3O5S/c1-17-20(27)24-21(28)26(17)13-6-5-7-14-32(29,30)25-23(11-12-23)18-9-8-10-19(15-18)31-16-22(2,3)4/h8-10,15,17,25H,5-7,11-14,16H2,1-4H3,(H,24,27,28). The predicted molar refractivity (Wildman–Crippen MR) is 123 cm³/mol. The van der Waals surface area contributed by atoms with Crippen molar-refractivity contribution in [3.63, 3.8) is 0 Å². The van der Waals surface area contributed by atoms with Crippen LogP contribution in [0.3, 0.4) is 0 Å². The van der Waals surface area contributed by atoms with Crippen molar-refractivity contribution in [2.75, 3.05) is 18.9 Å². The lowest BCUT2D eigenvalue weighted by Gasteiger charge is -2.21. The van der Waals surface area contributed by atoms with Crippen molar-refractivity contribution in [3.05, 3.63) is 29.8 Å². The summed E-state index contributed by atoms with van der Waals surface area (Å²) in [7, 11) is -3.44. The van der Waals surface area contributed by atoms with E-state index in [0.717, 1.165) is 24.2 Å². The summed E-state index contributed by atoms with van der Waals surface area (Å²) in [6, 6.07) is 6.84. The van der Waals surface area contributed by atoms with Crippen molar-refractivity contribution in [2.45, 2.75) is 71.4 Å². The van der Waals surface area contributed by atoms with Crippen LogP contribution in [0.25, 0.3) is 0 Å². The van der Waals surface area contributed by atoms with Gasteiger partial charge in [-0.05, 0) is 55.7 Å². The third kappa shape index (κ3) is 6.45. The van der Waals surface area contributed by atoms with Crippen molar-refractivity contribution in [3.8, 4) is 5.75 Å². The molecule has 8 nitrogen and oxygen atoms in total. The molecule has 0 aromatic heterocycles. The molecule has 2 fully saturated rings. The topological polar surface area (TPSA) is 105 Å². The van der Waals surface area contributed by atoms with Gasteiger partial charge in [-0.1, -0.05) is 39.3 Å². The molecule has 2 N–H and O–H groups in total. The number of carbonyl (C=O) groups excluding carboxylic acids is 2. The van der Waals surface area contributed by atoms with Crippen molar-refractivity contribution in [1.82, 2.24) is 14.9 Å². The molecular formula is C23H35N3O5S. The molecule has 32 heavy (non-hydrogen) atoms. The summed E-state index contributed by atoms with van der Waals surface area (Å²) in [5.41, 5.74) is 0.441. The molecule has 1 aliphatic carbocycles. The molecule has 1 saturated carbocycles. The highest BCUT2D eigenvalue weighted by molar-refractivity contribution is 7.89. The van der Waals surface area contributed by atoms with E-state index in [-0.39, 0.29) is 23.1 Å².